The molecule has 0 heterocycles. The Kier molecular flexibility index (Phi) is 4.30. The largest absolute Gasteiger partial charge is 0.494 e. The molecule has 0 saturated heterocycles. The first-order valence-electron chi connectivity index (χ1n) is 6.27. The minimum atomic E-state index is -0.433. The number of halogens is 1. The number of ether oxygens (including phenoxy) is 2. The van der Waals surface area contributed by atoms with Crippen molar-refractivity contribution in [3.8, 4) is 11.5 Å². The average Bonchev–Trinajstić information content (AvgIpc) is 2.44. The van der Waals surface area contributed by atoms with Crippen molar-refractivity contribution in [2.75, 3.05) is 24.8 Å². The molecule has 2 rings (SSSR count). The molecule has 0 unspecified atom stereocenters. The summed E-state index contributed by atoms with van der Waals surface area (Å²) < 4.78 is 23.9. The summed E-state index contributed by atoms with van der Waals surface area (Å²) in [6.45, 7) is 2.42. The second-order valence-electron chi connectivity index (χ2n) is 4.12. The maximum Gasteiger partial charge on any atom is 0.167 e. The Labute approximate surface area is 117 Å². The third-order valence-corrected chi connectivity index (χ3v) is 2.80. The lowest BCUT2D eigenvalue weighted by Gasteiger charge is -2.13. The molecule has 2 aromatic carbocycles. The highest BCUT2D eigenvalue weighted by Gasteiger charge is 2.08. The number of nitrogens with one attached hydrogen (secondary N) is 1. The number of hydrogen-bond donors (Lipinski definition) is 2. The van der Waals surface area contributed by atoms with Crippen LogP contribution in [0.1, 0.15) is 6.92 Å². The Balaban J connectivity index is 2.26. The van der Waals surface area contributed by atoms with E-state index < -0.39 is 5.82 Å². The Morgan fingerprint density at radius 1 is 1.20 bits per heavy atom. The second kappa shape index (κ2) is 6.14. The number of hydrogen-bond acceptors (Lipinski definition) is 4. The number of methoxy groups -OCH3 is 1. The van der Waals surface area contributed by atoms with Crippen LogP contribution in [-0.4, -0.2) is 13.7 Å². The van der Waals surface area contributed by atoms with Gasteiger partial charge >= 0.3 is 0 Å². The van der Waals surface area contributed by atoms with E-state index in [0.29, 0.717) is 29.4 Å². The van der Waals surface area contributed by atoms with E-state index in [-0.39, 0.29) is 5.75 Å². The van der Waals surface area contributed by atoms with Gasteiger partial charge in [0.05, 0.1) is 25.1 Å². The topological polar surface area (TPSA) is 56.5 Å². The summed E-state index contributed by atoms with van der Waals surface area (Å²) in [5.74, 6) is 0.370. The molecular formula is C15H17FN2O2. The second-order valence-corrected chi connectivity index (χ2v) is 4.12. The van der Waals surface area contributed by atoms with Crippen molar-refractivity contribution in [2.24, 2.45) is 0 Å². The summed E-state index contributed by atoms with van der Waals surface area (Å²) in [5.41, 5.74) is 7.75. The number of benzene rings is 2. The molecule has 0 radical (unpaired) electrons. The minimum Gasteiger partial charge on any atom is -0.494 e. The number of anilines is 3. The average molecular weight is 276 g/mol. The third kappa shape index (κ3) is 2.93. The zero-order valence-electron chi connectivity index (χ0n) is 11.4. The Bertz CT molecular complexity index is 602. The lowest BCUT2D eigenvalue weighted by Crippen LogP contribution is -2.01. The fourth-order valence-corrected chi connectivity index (χ4v) is 1.83. The summed E-state index contributed by atoms with van der Waals surface area (Å²) >= 11 is 0. The summed E-state index contributed by atoms with van der Waals surface area (Å²) in [6, 6.07) is 10.0. The number of rotatable bonds is 5. The Hall–Kier alpha value is -2.43. The van der Waals surface area contributed by atoms with Gasteiger partial charge in [-0.2, -0.15) is 0 Å². The highest BCUT2D eigenvalue weighted by Crippen LogP contribution is 2.32. The fraction of sp³-hybridized carbons (Fsp3) is 0.200. The van der Waals surface area contributed by atoms with E-state index in [0.717, 1.165) is 0 Å². The Morgan fingerprint density at radius 3 is 2.65 bits per heavy atom. The van der Waals surface area contributed by atoms with Gasteiger partial charge in [0.15, 0.2) is 11.6 Å². The minimum absolute atomic E-state index is 0.201. The standard InChI is InChI=1S/C15H17FN2O2/c1-3-20-14-6-4-5-12(15(14)17)18-10-7-8-13(19-2)11(16)9-10/h4-9,18H,3,17H2,1-2H3. The first kappa shape index (κ1) is 14.0. The van der Waals surface area contributed by atoms with Gasteiger partial charge in [-0.25, -0.2) is 4.39 Å². The van der Waals surface area contributed by atoms with Gasteiger partial charge in [0.25, 0.3) is 0 Å². The van der Waals surface area contributed by atoms with Crippen LogP contribution in [0, 0.1) is 5.82 Å². The Morgan fingerprint density at radius 2 is 2.00 bits per heavy atom. The fourth-order valence-electron chi connectivity index (χ4n) is 1.83. The van der Waals surface area contributed by atoms with E-state index in [1.807, 2.05) is 13.0 Å². The van der Waals surface area contributed by atoms with Crippen LogP contribution in [0.4, 0.5) is 21.5 Å². The maximum atomic E-state index is 13.6. The zero-order valence-corrected chi connectivity index (χ0v) is 11.4. The van der Waals surface area contributed by atoms with Gasteiger partial charge in [0, 0.05) is 11.8 Å². The van der Waals surface area contributed by atoms with Gasteiger partial charge < -0.3 is 20.5 Å². The highest BCUT2D eigenvalue weighted by molar-refractivity contribution is 5.77. The number of nitrogen functional groups attached to an aromatic ring is 1. The van der Waals surface area contributed by atoms with Crippen LogP contribution >= 0.6 is 0 Å². The molecule has 0 amide bonds. The van der Waals surface area contributed by atoms with Crippen LogP contribution in [0.15, 0.2) is 36.4 Å². The maximum absolute atomic E-state index is 13.6. The van der Waals surface area contributed by atoms with Crippen LogP contribution in [0.25, 0.3) is 0 Å². The van der Waals surface area contributed by atoms with Crippen molar-refractivity contribution < 1.29 is 13.9 Å². The molecule has 0 aromatic heterocycles. The van der Waals surface area contributed by atoms with Crippen molar-refractivity contribution in [3.05, 3.63) is 42.2 Å². The normalized spacial score (nSPS) is 10.2. The molecule has 0 aliphatic rings. The lowest BCUT2D eigenvalue weighted by molar-refractivity contribution is 0.342. The van der Waals surface area contributed by atoms with Crippen LogP contribution in [0.2, 0.25) is 0 Å². The predicted octanol–water partition coefficient (Wildman–Crippen LogP) is 3.56. The molecule has 0 fully saturated rings. The molecule has 0 aliphatic heterocycles. The van der Waals surface area contributed by atoms with E-state index in [1.54, 1.807) is 24.3 Å². The van der Waals surface area contributed by atoms with Gasteiger partial charge in [-0.3, -0.25) is 0 Å². The third-order valence-electron chi connectivity index (χ3n) is 2.80. The molecule has 4 nitrogen and oxygen atoms in total. The molecule has 3 N–H and O–H groups in total. The van der Waals surface area contributed by atoms with Gasteiger partial charge in [0.1, 0.15) is 5.75 Å². The first-order valence-corrected chi connectivity index (χ1v) is 6.27. The van der Waals surface area contributed by atoms with Gasteiger partial charge in [0.2, 0.25) is 0 Å². The summed E-state index contributed by atoms with van der Waals surface area (Å²) in [7, 11) is 1.43. The predicted molar refractivity (Wildman–Crippen MR) is 78.3 cm³/mol. The van der Waals surface area contributed by atoms with Crippen LogP contribution in [0.5, 0.6) is 11.5 Å². The van der Waals surface area contributed by atoms with Crippen molar-refractivity contribution >= 4 is 17.1 Å². The van der Waals surface area contributed by atoms with Crippen LogP contribution in [0.3, 0.4) is 0 Å². The highest BCUT2D eigenvalue weighted by atomic mass is 19.1. The number of para-hydroxylation sites is 1. The van der Waals surface area contributed by atoms with Crippen molar-refractivity contribution in [1.29, 1.82) is 0 Å². The summed E-state index contributed by atoms with van der Waals surface area (Å²) in [5, 5.41) is 3.06. The van der Waals surface area contributed by atoms with E-state index in [1.165, 1.54) is 13.2 Å². The van der Waals surface area contributed by atoms with Gasteiger partial charge in [-0.1, -0.05) is 6.07 Å². The summed E-state index contributed by atoms with van der Waals surface area (Å²) in [6.07, 6.45) is 0. The molecule has 0 bridgehead atoms. The molecule has 0 saturated carbocycles. The first-order chi connectivity index (χ1) is 9.65. The monoisotopic (exact) mass is 276 g/mol. The molecular weight excluding hydrogens is 259 g/mol. The molecule has 0 aliphatic carbocycles. The van der Waals surface area contributed by atoms with Crippen LogP contribution in [-0.2, 0) is 0 Å². The number of nitrogens with two attached hydrogens (primary N) is 1. The molecule has 106 valence electrons. The van der Waals surface area contributed by atoms with Gasteiger partial charge in [-0.05, 0) is 31.2 Å². The summed E-state index contributed by atoms with van der Waals surface area (Å²) in [4.78, 5) is 0. The molecule has 5 heteroatoms. The lowest BCUT2D eigenvalue weighted by atomic mass is 10.2. The van der Waals surface area contributed by atoms with E-state index in [9.17, 15) is 4.39 Å². The van der Waals surface area contributed by atoms with E-state index in [2.05, 4.69) is 5.32 Å². The molecule has 20 heavy (non-hydrogen) atoms. The van der Waals surface area contributed by atoms with Crippen molar-refractivity contribution in [3.63, 3.8) is 0 Å². The van der Waals surface area contributed by atoms with E-state index >= 15 is 0 Å². The van der Waals surface area contributed by atoms with Gasteiger partial charge in [-0.15, -0.1) is 0 Å². The smallest absolute Gasteiger partial charge is 0.167 e. The van der Waals surface area contributed by atoms with E-state index in [4.69, 9.17) is 15.2 Å². The SMILES string of the molecule is CCOc1cccc(Nc2ccc(OC)c(F)c2)c1N. The molecule has 0 spiro atoms. The molecule has 0 atom stereocenters. The van der Waals surface area contributed by atoms with Crippen molar-refractivity contribution in [2.45, 2.75) is 6.92 Å². The zero-order chi connectivity index (χ0) is 14.5. The van der Waals surface area contributed by atoms with Crippen LogP contribution < -0.4 is 20.5 Å². The quantitative estimate of drug-likeness (QED) is 0.820. The van der Waals surface area contributed by atoms with Crippen molar-refractivity contribution in [1.82, 2.24) is 0 Å². The molecule has 2 aromatic rings.